The number of aryl methyl sites for hydroxylation is 1. The van der Waals surface area contributed by atoms with Crippen LogP contribution in [0.4, 0.5) is 5.82 Å². The van der Waals surface area contributed by atoms with Crippen molar-refractivity contribution >= 4 is 17.4 Å². The quantitative estimate of drug-likeness (QED) is 0.538. The van der Waals surface area contributed by atoms with Gasteiger partial charge in [0.05, 0.1) is 17.8 Å². The molecule has 0 radical (unpaired) electrons. The Balaban J connectivity index is 1.21. The van der Waals surface area contributed by atoms with Gasteiger partial charge in [0.15, 0.2) is 0 Å². The van der Waals surface area contributed by atoms with Crippen molar-refractivity contribution in [1.82, 2.24) is 24.3 Å². The van der Waals surface area contributed by atoms with Crippen LogP contribution >= 0.6 is 0 Å². The summed E-state index contributed by atoms with van der Waals surface area (Å²) in [6.45, 7) is 3.48. The third-order valence-corrected chi connectivity index (χ3v) is 6.32. The maximum Gasteiger partial charge on any atom is 0.228 e. The van der Waals surface area contributed by atoms with Gasteiger partial charge in [-0.25, -0.2) is 9.97 Å². The average Bonchev–Trinajstić information content (AvgIpc) is 3.15. The van der Waals surface area contributed by atoms with Crippen LogP contribution in [0.25, 0.3) is 16.8 Å². The van der Waals surface area contributed by atoms with Crippen LogP contribution < -0.4 is 5.73 Å². The summed E-state index contributed by atoms with van der Waals surface area (Å²) in [5.74, 6) is 1.04. The molecular formula is C25H26N6O. The number of imidazole rings is 1. The van der Waals surface area contributed by atoms with Crippen molar-refractivity contribution in [3.8, 4) is 11.1 Å². The summed E-state index contributed by atoms with van der Waals surface area (Å²) in [4.78, 5) is 28.4. The lowest BCUT2D eigenvalue weighted by molar-refractivity contribution is -0.131. The minimum atomic E-state index is 0.163. The highest BCUT2D eigenvalue weighted by atomic mass is 16.2. The third kappa shape index (κ3) is 3.93. The summed E-state index contributed by atoms with van der Waals surface area (Å²) in [7, 11) is 0. The van der Waals surface area contributed by atoms with Gasteiger partial charge < -0.3 is 15.0 Å². The van der Waals surface area contributed by atoms with E-state index in [2.05, 4.69) is 22.1 Å². The SMILES string of the molecule is Cc1nc2ccccn2c1CC(=O)N1CCC(c2ccc(-c3ccc(N)nc3)cn2)CC1. The highest BCUT2D eigenvalue weighted by molar-refractivity contribution is 5.79. The first-order valence-corrected chi connectivity index (χ1v) is 11.0. The van der Waals surface area contributed by atoms with E-state index in [1.165, 1.54) is 0 Å². The van der Waals surface area contributed by atoms with E-state index in [1.807, 2.05) is 52.9 Å². The largest absolute Gasteiger partial charge is 0.384 e. The molecule has 1 fully saturated rings. The molecule has 7 heteroatoms. The molecule has 0 atom stereocenters. The Labute approximate surface area is 186 Å². The number of aromatic nitrogens is 4. The molecule has 0 unspecified atom stereocenters. The molecule has 0 aliphatic carbocycles. The topological polar surface area (TPSA) is 89.4 Å². The van der Waals surface area contributed by atoms with Gasteiger partial charge in [0.1, 0.15) is 11.5 Å². The molecule has 1 aliphatic rings. The van der Waals surface area contributed by atoms with E-state index in [0.717, 1.165) is 59.8 Å². The Kier molecular flexibility index (Phi) is 5.31. The Hall–Kier alpha value is -3.74. The van der Waals surface area contributed by atoms with Crippen molar-refractivity contribution < 1.29 is 4.79 Å². The number of nitrogen functional groups attached to an aromatic ring is 1. The fraction of sp³-hybridized carbons (Fsp3) is 0.280. The van der Waals surface area contributed by atoms with Crippen molar-refractivity contribution in [2.75, 3.05) is 18.8 Å². The van der Waals surface area contributed by atoms with Crippen LogP contribution in [-0.2, 0) is 11.2 Å². The fourth-order valence-corrected chi connectivity index (χ4v) is 4.45. The Morgan fingerprint density at radius 3 is 2.47 bits per heavy atom. The highest BCUT2D eigenvalue weighted by Gasteiger charge is 2.25. The van der Waals surface area contributed by atoms with Crippen molar-refractivity contribution in [3.05, 3.63) is 78.1 Å². The fourth-order valence-electron chi connectivity index (χ4n) is 4.45. The van der Waals surface area contributed by atoms with E-state index < -0.39 is 0 Å². The lowest BCUT2D eigenvalue weighted by Crippen LogP contribution is -2.39. The van der Waals surface area contributed by atoms with Gasteiger partial charge in [0.25, 0.3) is 0 Å². The number of rotatable bonds is 4. The van der Waals surface area contributed by atoms with Crippen LogP contribution in [0.5, 0.6) is 0 Å². The van der Waals surface area contributed by atoms with E-state index in [9.17, 15) is 4.79 Å². The van der Waals surface area contributed by atoms with Gasteiger partial charge in [-0.2, -0.15) is 0 Å². The van der Waals surface area contributed by atoms with Crippen molar-refractivity contribution in [3.63, 3.8) is 0 Å². The second-order valence-corrected chi connectivity index (χ2v) is 8.35. The van der Waals surface area contributed by atoms with E-state index in [0.29, 0.717) is 18.2 Å². The van der Waals surface area contributed by atoms with E-state index in [-0.39, 0.29) is 5.91 Å². The number of piperidine rings is 1. The van der Waals surface area contributed by atoms with E-state index in [1.54, 1.807) is 12.3 Å². The minimum Gasteiger partial charge on any atom is -0.384 e. The third-order valence-electron chi connectivity index (χ3n) is 6.32. The maximum atomic E-state index is 13.0. The number of hydrogen-bond donors (Lipinski definition) is 1. The van der Waals surface area contributed by atoms with E-state index in [4.69, 9.17) is 10.7 Å². The zero-order valence-corrected chi connectivity index (χ0v) is 18.1. The first-order valence-electron chi connectivity index (χ1n) is 11.0. The highest BCUT2D eigenvalue weighted by Crippen LogP contribution is 2.28. The Morgan fingerprint density at radius 2 is 1.78 bits per heavy atom. The van der Waals surface area contributed by atoms with Gasteiger partial charge in [0, 0.05) is 54.4 Å². The zero-order chi connectivity index (χ0) is 22.1. The minimum absolute atomic E-state index is 0.163. The average molecular weight is 427 g/mol. The predicted octanol–water partition coefficient (Wildman–Crippen LogP) is 3.63. The standard InChI is InChI=1S/C25H26N6O/c1-17-22(31-11-3-2-4-24(31)29-17)14-25(32)30-12-9-18(10-13-30)21-7-5-19(15-27-21)20-6-8-23(26)28-16-20/h2-8,11,15-16,18H,9-10,12-14H2,1H3,(H2,26,28). The van der Waals surface area contributed by atoms with Gasteiger partial charge in [-0.15, -0.1) is 0 Å². The Morgan fingerprint density at radius 1 is 1.03 bits per heavy atom. The molecule has 5 heterocycles. The number of hydrogen-bond acceptors (Lipinski definition) is 5. The lowest BCUT2D eigenvalue weighted by atomic mass is 9.92. The second-order valence-electron chi connectivity index (χ2n) is 8.35. The molecule has 4 aromatic heterocycles. The molecule has 1 saturated heterocycles. The first-order chi connectivity index (χ1) is 15.6. The molecule has 7 nitrogen and oxygen atoms in total. The molecule has 4 aromatic rings. The summed E-state index contributed by atoms with van der Waals surface area (Å²) >= 11 is 0. The normalized spacial score (nSPS) is 14.7. The lowest BCUT2D eigenvalue weighted by Gasteiger charge is -2.32. The van der Waals surface area contributed by atoms with Gasteiger partial charge in [-0.3, -0.25) is 9.78 Å². The molecule has 0 aromatic carbocycles. The molecule has 1 amide bonds. The molecule has 32 heavy (non-hydrogen) atoms. The number of fused-ring (bicyclic) bond motifs is 1. The van der Waals surface area contributed by atoms with Crippen LogP contribution in [0.3, 0.4) is 0 Å². The molecule has 0 spiro atoms. The summed E-state index contributed by atoms with van der Waals surface area (Å²) in [6, 6.07) is 13.8. The number of nitrogens with zero attached hydrogens (tertiary/aromatic N) is 5. The summed E-state index contributed by atoms with van der Waals surface area (Å²) in [6.07, 6.45) is 7.86. The van der Waals surface area contributed by atoms with Gasteiger partial charge in [-0.05, 0) is 50.1 Å². The zero-order valence-electron chi connectivity index (χ0n) is 18.1. The molecule has 162 valence electrons. The molecule has 5 rings (SSSR count). The van der Waals surface area contributed by atoms with Crippen LogP contribution in [0.2, 0.25) is 0 Å². The van der Waals surface area contributed by atoms with Crippen LogP contribution in [0.15, 0.2) is 61.1 Å². The first kappa shape index (κ1) is 20.2. The number of amides is 1. The molecule has 1 aliphatic heterocycles. The van der Waals surface area contributed by atoms with Gasteiger partial charge in [-0.1, -0.05) is 12.1 Å². The predicted molar refractivity (Wildman–Crippen MR) is 124 cm³/mol. The number of likely N-dealkylation sites (tertiary alicyclic amines) is 1. The smallest absolute Gasteiger partial charge is 0.228 e. The Bertz CT molecular complexity index is 1240. The van der Waals surface area contributed by atoms with E-state index >= 15 is 0 Å². The molecule has 0 saturated carbocycles. The summed E-state index contributed by atoms with van der Waals surface area (Å²) in [5.41, 5.74) is 11.6. The number of anilines is 1. The monoisotopic (exact) mass is 426 g/mol. The van der Waals surface area contributed by atoms with Gasteiger partial charge in [0.2, 0.25) is 5.91 Å². The number of carbonyl (C=O) groups is 1. The second kappa shape index (κ2) is 8.42. The van der Waals surface area contributed by atoms with Crippen LogP contribution in [0.1, 0.15) is 35.8 Å². The maximum absolute atomic E-state index is 13.0. The molecular weight excluding hydrogens is 400 g/mol. The van der Waals surface area contributed by atoms with Crippen LogP contribution in [0, 0.1) is 6.92 Å². The van der Waals surface area contributed by atoms with Crippen molar-refractivity contribution in [2.24, 2.45) is 0 Å². The van der Waals surface area contributed by atoms with Crippen LogP contribution in [-0.4, -0.2) is 43.2 Å². The molecule has 2 N–H and O–H groups in total. The van der Waals surface area contributed by atoms with Gasteiger partial charge >= 0.3 is 0 Å². The van der Waals surface area contributed by atoms with Crippen molar-refractivity contribution in [1.29, 1.82) is 0 Å². The summed E-state index contributed by atoms with van der Waals surface area (Å²) < 4.78 is 2.02. The number of pyridine rings is 3. The number of nitrogens with two attached hydrogens (primary N) is 1. The number of carbonyl (C=O) groups excluding carboxylic acids is 1. The molecule has 0 bridgehead atoms. The summed E-state index contributed by atoms with van der Waals surface area (Å²) in [5, 5.41) is 0. The van der Waals surface area contributed by atoms with Crippen molar-refractivity contribution in [2.45, 2.75) is 32.1 Å².